The molecular formula is C20H14I6N2NaO6+. The first-order valence-corrected chi connectivity index (χ1v) is 15.7. The summed E-state index contributed by atoms with van der Waals surface area (Å²) in [4.78, 5) is 47.9. The van der Waals surface area contributed by atoms with E-state index in [1.54, 1.807) is 12.1 Å². The topological polar surface area (TPSA) is 133 Å². The molecule has 0 unspecified atom stereocenters. The molecule has 2 aromatic carbocycles. The van der Waals surface area contributed by atoms with Crippen LogP contribution < -0.4 is 40.2 Å². The minimum Gasteiger partial charge on any atom is -0.478 e. The number of unbranched alkanes of at least 4 members (excludes halogenated alkanes) is 1. The van der Waals surface area contributed by atoms with Crippen molar-refractivity contribution in [1.82, 2.24) is 0 Å². The van der Waals surface area contributed by atoms with E-state index >= 15 is 0 Å². The van der Waals surface area contributed by atoms with Gasteiger partial charge in [-0.15, -0.1) is 0 Å². The number of amides is 2. The Balaban J connectivity index is 0.00000612. The number of anilines is 2. The van der Waals surface area contributed by atoms with Crippen molar-refractivity contribution in [3.8, 4) is 0 Å². The molecule has 0 aliphatic heterocycles. The third-order valence-corrected chi connectivity index (χ3v) is 9.92. The van der Waals surface area contributed by atoms with Crippen LogP contribution in [0.2, 0.25) is 0 Å². The van der Waals surface area contributed by atoms with E-state index in [4.69, 9.17) is 0 Å². The number of carboxylic acid groups (broad SMARTS) is 2. The van der Waals surface area contributed by atoms with Crippen molar-refractivity contribution in [2.45, 2.75) is 25.7 Å². The van der Waals surface area contributed by atoms with Crippen molar-refractivity contribution in [1.29, 1.82) is 0 Å². The molecule has 0 saturated heterocycles. The van der Waals surface area contributed by atoms with Gasteiger partial charge in [0.15, 0.2) is 0 Å². The van der Waals surface area contributed by atoms with Crippen LogP contribution in [0, 0.1) is 21.4 Å². The maximum Gasteiger partial charge on any atom is 1.00 e. The molecule has 15 heteroatoms. The maximum absolute atomic E-state index is 12.4. The van der Waals surface area contributed by atoms with Crippen molar-refractivity contribution in [3.05, 3.63) is 44.7 Å². The Labute approximate surface area is 305 Å². The summed E-state index contributed by atoms with van der Waals surface area (Å²) in [5.41, 5.74) is 1.25. The zero-order valence-electron chi connectivity index (χ0n) is 17.8. The second-order valence-corrected chi connectivity index (χ2v) is 13.5. The fourth-order valence-corrected chi connectivity index (χ4v) is 11.0. The molecule has 2 rings (SSSR count). The molecule has 0 aliphatic carbocycles. The van der Waals surface area contributed by atoms with E-state index in [1.807, 2.05) is 90.4 Å². The minimum atomic E-state index is -1.06. The molecule has 0 atom stereocenters. The summed E-state index contributed by atoms with van der Waals surface area (Å²) in [7, 11) is 0. The predicted molar refractivity (Wildman–Crippen MR) is 179 cm³/mol. The Morgan fingerprint density at radius 2 is 0.943 bits per heavy atom. The first kappa shape index (κ1) is 34.7. The van der Waals surface area contributed by atoms with Crippen molar-refractivity contribution >= 4 is 171 Å². The summed E-state index contributed by atoms with van der Waals surface area (Å²) < 4.78 is 3.61. The molecule has 0 saturated carbocycles. The van der Waals surface area contributed by atoms with Crippen LogP contribution in [0.15, 0.2) is 12.1 Å². The SMILES string of the molecule is O=C(CCCCC(=O)Nc1c(I)cc(I)c(C(=O)O)c1I)Nc1c(I)cc(I)c(C(=O)O)c1I.[Na+]. The van der Waals surface area contributed by atoms with E-state index in [9.17, 15) is 29.4 Å². The number of hydrogen-bond donors (Lipinski definition) is 4. The van der Waals surface area contributed by atoms with Crippen LogP contribution in [0.1, 0.15) is 46.4 Å². The quantitative estimate of drug-likeness (QED) is 0.172. The van der Waals surface area contributed by atoms with Gasteiger partial charge in [-0.05, 0) is 161 Å². The van der Waals surface area contributed by atoms with Crippen LogP contribution in [-0.2, 0) is 9.59 Å². The van der Waals surface area contributed by atoms with Gasteiger partial charge in [0.25, 0.3) is 0 Å². The number of rotatable bonds is 9. The molecule has 182 valence electrons. The molecule has 0 aliphatic rings. The van der Waals surface area contributed by atoms with Gasteiger partial charge in [-0.2, -0.15) is 0 Å². The fraction of sp³-hybridized carbons (Fsp3) is 0.200. The molecule has 35 heavy (non-hydrogen) atoms. The third kappa shape index (κ3) is 9.69. The van der Waals surface area contributed by atoms with Crippen LogP contribution in [0.3, 0.4) is 0 Å². The molecule has 0 bridgehead atoms. The molecular weight excluding hydrogens is 1150 g/mol. The molecule has 0 fully saturated rings. The molecule has 0 aromatic heterocycles. The monoisotopic (exact) mass is 1160 g/mol. The van der Waals surface area contributed by atoms with E-state index in [1.165, 1.54) is 0 Å². The maximum atomic E-state index is 12.4. The molecule has 4 N–H and O–H groups in total. The van der Waals surface area contributed by atoms with Crippen molar-refractivity contribution in [2.24, 2.45) is 0 Å². The van der Waals surface area contributed by atoms with Gasteiger partial charge in [-0.1, -0.05) is 0 Å². The van der Waals surface area contributed by atoms with Gasteiger partial charge < -0.3 is 20.8 Å². The molecule has 2 aromatic rings. The molecule has 8 nitrogen and oxygen atoms in total. The first-order valence-electron chi connectivity index (χ1n) is 9.26. The second-order valence-electron chi connectivity index (χ2n) is 6.72. The van der Waals surface area contributed by atoms with Gasteiger partial charge >= 0.3 is 41.5 Å². The molecule has 0 spiro atoms. The van der Waals surface area contributed by atoms with E-state index in [2.05, 4.69) is 55.8 Å². The minimum absolute atomic E-state index is 0. The Kier molecular flexibility index (Phi) is 16.0. The van der Waals surface area contributed by atoms with E-state index in [0.29, 0.717) is 38.5 Å². The fourth-order valence-electron chi connectivity index (χ4n) is 2.78. The summed E-state index contributed by atoms with van der Waals surface area (Å²) in [6, 6.07) is 3.41. The van der Waals surface area contributed by atoms with Crippen LogP contribution in [0.5, 0.6) is 0 Å². The Morgan fingerprint density at radius 1 is 0.629 bits per heavy atom. The molecule has 2 amide bonds. The number of aromatic carboxylic acids is 2. The first-order chi connectivity index (χ1) is 15.8. The van der Waals surface area contributed by atoms with Gasteiger partial charge in [0.2, 0.25) is 11.8 Å². The molecule has 0 heterocycles. The normalized spacial score (nSPS) is 10.3. The smallest absolute Gasteiger partial charge is 0.478 e. The summed E-state index contributed by atoms with van der Waals surface area (Å²) in [6.45, 7) is 0. The van der Waals surface area contributed by atoms with E-state index < -0.39 is 11.9 Å². The Hall–Kier alpha value is 1.70. The number of halogens is 6. The number of benzene rings is 2. The number of nitrogens with one attached hydrogen (secondary N) is 2. The van der Waals surface area contributed by atoms with Crippen molar-refractivity contribution < 1.29 is 58.9 Å². The van der Waals surface area contributed by atoms with Crippen molar-refractivity contribution in [2.75, 3.05) is 10.6 Å². The number of carboxylic acids is 2. The Morgan fingerprint density at radius 3 is 1.23 bits per heavy atom. The van der Waals surface area contributed by atoms with Crippen LogP contribution in [0.25, 0.3) is 0 Å². The number of carbonyl (C=O) groups excluding carboxylic acids is 2. The van der Waals surface area contributed by atoms with Crippen LogP contribution in [-0.4, -0.2) is 34.0 Å². The van der Waals surface area contributed by atoms with Gasteiger partial charge in [0.05, 0.1) is 29.6 Å². The average molecular weight is 1160 g/mol. The third-order valence-electron chi connectivity index (χ3n) is 4.35. The number of carbonyl (C=O) groups is 4. The second kappa shape index (κ2) is 16.1. The molecule has 0 radical (unpaired) electrons. The zero-order valence-corrected chi connectivity index (χ0v) is 32.7. The summed E-state index contributed by atoms with van der Waals surface area (Å²) >= 11 is 11.9. The van der Waals surface area contributed by atoms with Crippen LogP contribution >= 0.6 is 136 Å². The standard InChI is InChI=1S/C20H14I6N2O6.Na/c21-7-5-9(23)17(15(25)13(7)19(31)32)27-11(29)3-1-2-4-12(30)28-18-10(24)6-8(22)14(16(18)26)20(33)34;/h5-6H,1-4H2,(H,27,29)(H,28,30)(H,31,32)(H,33,34);/q;+1. The van der Waals surface area contributed by atoms with E-state index in [0.717, 1.165) is 7.14 Å². The summed E-state index contributed by atoms with van der Waals surface area (Å²) in [6.07, 6.45) is 1.28. The van der Waals surface area contributed by atoms with E-state index in [-0.39, 0.29) is 65.3 Å². The van der Waals surface area contributed by atoms with Gasteiger partial charge in [0, 0.05) is 27.1 Å². The summed E-state index contributed by atoms with van der Waals surface area (Å²) in [5.74, 6) is -2.64. The van der Waals surface area contributed by atoms with Gasteiger partial charge in [0.1, 0.15) is 0 Å². The zero-order chi connectivity index (χ0) is 25.7. The van der Waals surface area contributed by atoms with Crippen LogP contribution in [0.4, 0.5) is 11.4 Å². The van der Waals surface area contributed by atoms with Crippen molar-refractivity contribution in [3.63, 3.8) is 0 Å². The number of hydrogen-bond acceptors (Lipinski definition) is 4. The predicted octanol–water partition coefficient (Wildman–Crippen LogP) is 3.85. The average Bonchev–Trinajstić information content (AvgIpc) is 2.70. The van der Waals surface area contributed by atoms with Gasteiger partial charge in [-0.3, -0.25) is 9.59 Å². The summed E-state index contributed by atoms with van der Waals surface area (Å²) in [5, 5.41) is 24.4. The Bertz CT molecular complexity index is 1100. The van der Waals surface area contributed by atoms with Gasteiger partial charge in [-0.25, -0.2) is 9.59 Å². The largest absolute Gasteiger partial charge is 1.00 e.